The van der Waals surface area contributed by atoms with Gasteiger partial charge < -0.3 is 14.8 Å². The van der Waals surface area contributed by atoms with Crippen molar-refractivity contribution in [3.8, 4) is 0 Å². The number of aromatic nitrogens is 2. The summed E-state index contributed by atoms with van der Waals surface area (Å²) in [5, 5.41) is 4.48. The van der Waals surface area contributed by atoms with Crippen LogP contribution in [0.15, 0.2) is 42.7 Å². The fourth-order valence-electron chi connectivity index (χ4n) is 4.99. The smallest absolute Gasteiger partial charge is 0.239 e. The van der Waals surface area contributed by atoms with Gasteiger partial charge in [-0.1, -0.05) is 41.8 Å². The zero-order valence-electron chi connectivity index (χ0n) is 19.0. The highest BCUT2D eigenvalue weighted by Gasteiger charge is 2.27. The monoisotopic (exact) mass is 500 g/mol. The van der Waals surface area contributed by atoms with E-state index in [4.69, 9.17) is 23.2 Å². The number of carbonyl (C=O) groups is 1. The van der Waals surface area contributed by atoms with Crippen molar-refractivity contribution >= 4 is 45.7 Å². The number of fused-ring (bicyclic) bond motifs is 1. The lowest BCUT2D eigenvalue weighted by Crippen LogP contribution is -2.49. The van der Waals surface area contributed by atoms with Crippen molar-refractivity contribution in [1.82, 2.24) is 19.8 Å². The number of halogens is 3. The second-order valence-corrected chi connectivity index (χ2v) is 9.92. The Balaban J connectivity index is 1.41. The van der Waals surface area contributed by atoms with E-state index in [2.05, 4.69) is 10.3 Å². The van der Waals surface area contributed by atoms with Gasteiger partial charge in [-0.3, -0.25) is 4.79 Å². The van der Waals surface area contributed by atoms with E-state index in [0.29, 0.717) is 40.6 Å². The number of amides is 1. The first-order valence-corrected chi connectivity index (χ1v) is 12.5. The summed E-state index contributed by atoms with van der Waals surface area (Å²) in [5.41, 5.74) is 3.82. The molecule has 5 nitrogen and oxygen atoms in total. The van der Waals surface area contributed by atoms with Gasteiger partial charge in [0.15, 0.2) is 0 Å². The standard InChI is InChI=1S/C26H27Cl2FN4O/c1-16(19-6-5-18(27)12-21(19)28)33-15-31-24-14-22(29)20(13-25(24)33)17-7-10-32(11-8-17)26(34)23-4-2-3-9-30-23/h5-7,12-16,23,30H,2-4,8-11H2,1H3. The van der Waals surface area contributed by atoms with Crippen molar-refractivity contribution in [3.05, 3.63) is 69.7 Å². The van der Waals surface area contributed by atoms with E-state index in [1.165, 1.54) is 6.07 Å². The molecule has 8 heteroatoms. The molecule has 1 fully saturated rings. The molecule has 3 aromatic rings. The molecule has 34 heavy (non-hydrogen) atoms. The molecule has 0 aliphatic carbocycles. The summed E-state index contributed by atoms with van der Waals surface area (Å²) in [6.45, 7) is 4.02. The highest BCUT2D eigenvalue weighted by molar-refractivity contribution is 6.35. The van der Waals surface area contributed by atoms with Crippen LogP contribution in [-0.4, -0.2) is 46.0 Å². The van der Waals surface area contributed by atoms with Gasteiger partial charge in [-0.15, -0.1) is 0 Å². The Morgan fingerprint density at radius 3 is 2.79 bits per heavy atom. The maximum absolute atomic E-state index is 15.1. The fourth-order valence-corrected chi connectivity index (χ4v) is 5.56. The van der Waals surface area contributed by atoms with Crippen molar-refractivity contribution in [2.45, 2.75) is 44.7 Å². The zero-order valence-corrected chi connectivity index (χ0v) is 20.5. The van der Waals surface area contributed by atoms with Crippen LogP contribution in [0.2, 0.25) is 10.0 Å². The number of nitrogens with one attached hydrogen (secondary N) is 1. The van der Waals surface area contributed by atoms with Crippen LogP contribution in [0.25, 0.3) is 16.6 Å². The molecule has 0 saturated carbocycles. The summed E-state index contributed by atoms with van der Waals surface area (Å²) >= 11 is 12.5. The van der Waals surface area contributed by atoms with E-state index >= 15 is 4.39 Å². The molecule has 2 unspecified atom stereocenters. The number of piperidine rings is 1. The minimum atomic E-state index is -0.296. The average Bonchev–Trinajstić information content (AvgIpc) is 3.26. The number of hydrogen-bond acceptors (Lipinski definition) is 3. The molecule has 2 aromatic carbocycles. The number of imidazole rings is 1. The first kappa shape index (κ1) is 23.3. The van der Waals surface area contributed by atoms with Crippen LogP contribution in [0, 0.1) is 5.82 Å². The Morgan fingerprint density at radius 1 is 1.24 bits per heavy atom. The quantitative estimate of drug-likeness (QED) is 0.488. The molecule has 5 rings (SSSR count). The molecule has 178 valence electrons. The molecule has 0 spiro atoms. The van der Waals surface area contributed by atoms with E-state index in [1.807, 2.05) is 40.7 Å². The largest absolute Gasteiger partial charge is 0.337 e. The molecular weight excluding hydrogens is 474 g/mol. The Labute approximate surface area is 208 Å². The number of nitrogens with zero attached hydrogens (tertiary/aromatic N) is 3. The lowest BCUT2D eigenvalue weighted by molar-refractivity contribution is -0.133. The van der Waals surface area contributed by atoms with Crippen LogP contribution >= 0.6 is 23.2 Å². The minimum Gasteiger partial charge on any atom is -0.337 e. The van der Waals surface area contributed by atoms with Gasteiger partial charge in [0.05, 0.1) is 29.4 Å². The predicted octanol–water partition coefficient (Wildman–Crippen LogP) is 5.85. The molecule has 1 amide bonds. The Bertz CT molecular complexity index is 1270. The van der Waals surface area contributed by atoms with E-state index in [1.54, 1.807) is 12.4 Å². The lowest BCUT2D eigenvalue weighted by Gasteiger charge is -2.32. The van der Waals surface area contributed by atoms with Gasteiger partial charge in [0.1, 0.15) is 5.82 Å². The molecule has 1 saturated heterocycles. The summed E-state index contributed by atoms with van der Waals surface area (Å²) < 4.78 is 17.1. The normalized spacial score (nSPS) is 19.8. The van der Waals surface area contributed by atoms with Crippen molar-refractivity contribution in [1.29, 1.82) is 0 Å². The fraction of sp³-hybridized carbons (Fsp3) is 0.385. The molecule has 1 N–H and O–H groups in total. The van der Waals surface area contributed by atoms with Gasteiger partial charge in [-0.25, -0.2) is 9.37 Å². The minimum absolute atomic E-state index is 0.0904. The topological polar surface area (TPSA) is 50.2 Å². The van der Waals surface area contributed by atoms with E-state index < -0.39 is 0 Å². The van der Waals surface area contributed by atoms with Gasteiger partial charge in [0.2, 0.25) is 5.91 Å². The van der Waals surface area contributed by atoms with Crippen molar-refractivity contribution in [3.63, 3.8) is 0 Å². The summed E-state index contributed by atoms with van der Waals surface area (Å²) in [6, 6.07) is 8.60. The van der Waals surface area contributed by atoms with Gasteiger partial charge in [0, 0.05) is 34.8 Å². The third-order valence-corrected chi connectivity index (χ3v) is 7.53. The number of carbonyl (C=O) groups excluding carboxylic acids is 1. The third kappa shape index (κ3) is 4.47. The highest BCUT2D eigenvalue weighted by Crippen LogP contribution is 2.33. The van der Waals surface area contributed by atoms with Crippen molar-refractivity contribution < 1.29 is 9.18 Å². The second-order valence-electron chi connectivity index (χ2n) is 9.08. The van der Waals surface area contributed by atoms with Gasteiger partial charge in [-0.05, 0) is 62.1 Å². The van der Waals surface area contributed by atoms with E-state index in [9.17, 15) is 4.79 Å². The second kappa shape index (κ2) is 9.68. The van der Waals surface area contributed by atoms with Gasteiger partial charge in [0.25, 0.3) is 0 Å². The van der Waals surface area contributed by atoms with Crippen LogP contribution in [0.1, 0.15) is 49.8 Å². The number of rotatable bonds is 4. The first-order chi connectivity index (χ1) is 16.4. The molecule has 1 aromatic heterocycles. The van der Waals surface area contributed by atoms with Crippen LogP contribution in [-0.2, 0) is 4.79 Å². The summed E-state index contributed by atoms with van der Waals surface area (Å²) in [6.07, 6.45) is 7.40. The maximum Gasteiger partial charge on any atom is 0.239 e. The third-order valence-electron chi connectivity index (χ3n) is 6.97. The molecular formula is C26H27Cl2FN4O. The molecule has 0 radical (unpaired) electrons. The SMILES string of the molecule is CC(c1ccc(Cl)cc1Cl)n1cnc2cc(F)c(C3=CCN(C(=O)C4CCCCN4)CC3)cc21. The van der Waals surface area contributed by atoms with Crippen molar-refractivity contribution in [2.75, 3.05) is 19.6 Å². The zero-order chi connectivity index (χ0) is 23.8. The number of benzene rings is 2. The molecule has 2 aliphatic heterocycles. The lowest BCUT2D eigenvalue weighted by atomic mass is 9.97. The van der Waals surface area contributed by atoms with Crippen LogP contribution in [0.4, 0.5) is 4.39 Å². The Morgan fingerprint density at radius 2 is 2.09 bits per heavy atom. The first-order valence-electron chi connectivity index (χ1n) is 11.7. The molecule has 2 atom stereocenters. The Kier molecular flexibility index (Phi) is 6.65. The van der Waals surface area contributed by atoms with Crippen molar-refractivity contribution in [2.24, 2.45) is 0 Å². The Hall–Kier alpha value is -2.41. The predicted molar refractivity (Wildman–Crippen MR) is 135 cm³/mol. The van der Waals surface area contributed by atoms with Gasteiger partial charge >= 0.3 is 0 Å². The number of hydrogen-bond donors (Lipinski definition) is 1. The maximum atomic E-state index is 15.1. The summed E-state index contributed by atoms with van der Waals surface area (Å²) in [7, 11) is 0. The van der Waals surface area contributed by atoms with Gasteiger partial charge in [-0.2, -0.15) is 0 Å². The van der Waals surface area contributed by atoms with E-state index in [-0.39, 0.29) is 23.8 Å². The van der Waals surface area contributed by atoms with Crippen LogP contribution in [0.3, 0.4) is 0 Å². The molecule has 2 aliphatic rings. The van der Waals surface area contributed by atoms with E-state index in [0.717, 1.165) is 42.5 Å². The van der Waals surface area contributed by atoms with Crippen LogP contribution < -0.4 is 5.32 Å². The summed E-state index contributed by atoms with van der Waals surface area (Å²) in [4.78, 5) is 19.1. The average molecular weight is 501 g/mol. The summed E-state index contributed by atoms with van der Waals surface area (Å²) in [5.74, 6) is -0.146. The highest BCUT2D eigenvalue weighted by atomic mass is 35.5. The van der Waals surface area contributed by atoms with Crippen LogP contribution in [0.5, 0.6) is 0 Å². The molecule has 3 heterocycles. The molecule has 0 bridgehead atoms.